The molecule has 0 radical (unpaired) electrons. The van der Waals surface area contributed by atoms with E-state index in [9.17, 15) is 0 Å². The predicted octanol–water partition coefficient (Wildman–Crippen LogP) is 3.96. The Labute approximate surface area is 109 Å². The molecule has 0 rings (SSSR count). The molecule has 0 spiro atoms. The summed E-state index contributed by atoms with van der Waals surface area (Å²) in [6, 6.07) is 2.24. The van der Waals surface area contributed by atoms with Crippen molar-refractivity contribution in [2.45, 2.75) is 99.1 Å². The van der Waals surface area contributed by atoms with Gasteiger partial charge in [-0.25, -0.2) is 0 Å². The molecule has 2 heteroatoms. The first-order chi connectivity index (χ1) is 7.53. The lowest BCUT2D eigenvalue weighted by molar-refractivity contribution is -0.0983. The van der Waals surface area contributed by atoms with Gasteiger partial charge in [-0.15, -0.1) is 0 Å². The summed E-state index contributed by atoms with van der Waals surface area (Å²) >= 11 is 0. The highest BCUT2D eigenvalue weighted by molar-refractivity contribution is 4.89. The second kappa shape index (κ2) is 6.19. The van der Waals surface area contributed by atoms with Gasteiger partial charge >= 0.3 is 0 Å². The minimum absolute atomic E-state index is 0.0880. The lowest BCUT2D eigenvalue weighted by Gasteiger charge is -2.54. The standard InChI is InChI=1S/C15H34N2/c1-11(2)16(12(3)4)15(9,10)17(13(5)6)14(7)8/h11-14H,1-10H3. The van der Waals surface area contributed by atoms with Gasteiger partial charge in [0.2, 0.25) is 0 Å². The lowest BCUT2D eigenvalue weighted by atomic mass is 10.0. The van der Waals surface area contributed by atoms with Crippen LogP contribution in [0.2, 0.25) is 0 Å². The van der Waals surface area contributed by atoms with Gasteiger partial charge in [-0.3, -0.25) is 9.80 Å². The van der Waals surface area contributed by atoms with E-state index in [0.717, 1.165) is 0 Å². The van der Waals surface area contributed by atoms with Crippen molar-refractivity contribution in [2.24, 2.45) is 0 Å². The number of hydrogen-bond donors (Lipinski definition) is 0. The van der Waals surface area contributed by atoms with Crippen LogP contribution in [0.25, 0.3) is 0 Å². The molecule has 17 heavy (non-hydrogen) atoms. The third-order valence-electron chi connectivity index (χ3n) is 3.49. The molecule has 104 valence electrons. The molecule has 0 atom stereocenters. The van der Waals surface area contributed by atoms with E-state index in [1.807, 2.05) is 0 Å². The Morgan fingerprint density at radius 1 is 0.529 bits per heavy atom. The normalized spacial score (nSPS) is 14.1. The molecule has 0 amide bonds. The molecule has 0 aliphatic rings. The van der Waals surface area contributed by atoms with Crippen LogP contribution in [-0.4, -0.2) is 39.6 Å². The molecule has 2 nitrogen and oxygen atoms in total. The van der Waals surface area contributed by atoms with E-state index in [0.29, 0.717) is 24.2 Å². The minimum Gasteiger partial charge on any atom is -0.281 e. The van der Waals surface area contributed by atoms with Gasteiger partial charge in [0.15, 0.2) is 0 Å². The molecular formula is C15H34N2. The molecule has 0 aliphatic heterocycles. The van der Waals surface area contributed by atoms with Crippen molar-refractivity contribution in [1.29, 1.82) is 0 Å². The Hall–Kier alpha value is -0.0800. The monoisotopic (exact) mass is 242 g/mol. The summed E-state index contributed by atoms with van der Waals surface area (Å²) in [6.45, 7) is 23.0. The summed E-state index contributed by atoms with van der Waals surface area (Å²) in [5.74, 6) is 0. The van der Waals surface area contributed by atoms with Crippen molar-refractivity contribution >= 4 is 0 Å². The molecule has 0 unspecified atom stereocenters. The molecule has 0 aromatic rings. The second-order valence-electron chi connectivity index (χ2n) is 6.68. The quantitative estimate of drug-likeness (QED) is 0.651. The van der Waals surface area contributed by atoms with Crippen LogP contribution in [0, 0.1) is 0 Å². The Morgan fingerprint density at radius 2 is 0.706 bits per heavy atom. The van der Waals surface area contributed by atoms with Crippen molar-refractivity contribution in [2.75, 3.05) is 0 Å². The average molecular weight is 242 g/mol. The van der Waals surface area contributed by atoms with Gasteiger partial charge in [0.1, 0.15) is 0 Å². The first-order valence-corrected chi connectivity index (χ1v) is 7.10. The molecule has 0 aliphatic carbocycles. The zero-order valence-electron chi connectivity index (χ0n) is 13.7. The molecule has 0 saturated carbocycles. The van der Waals surface area contributed by atoms with E-state index < -0.39 is 0 Å². The largest absolute Gasteiger partial charge is 0.281 e. The first kappa shape index (κ1) is 16.9. The van der Waals surface area contributed by atoms with Gasteiger partial charge in [0, 0.05) is 24.2 Å². The molecule has 0 aromatic carbocycles. The Kier molecular flexibility index (Phi) is 6.16. The highest BCUT2D eigenvalue weighted by Crippen LogP contribution is 2.29. The van der Waals surface area contributed by atoms with Gasteiger partial charge in [0.25, 0.3) is 0 Å². The maximum Gasteiger partial charge on any atom is 0.0688 e. The summed E-state index contributed by atoms with van der Waals surface area (Å²) in [5, 5.41) is 0. The van der Waals surface area contributed by atoms with Crippen LogP contribution in [0.1, 0.15) is 69.2 Å². The second-order valence-corrected chi connectivity index (χ2v) is 6.68. The van der Waals surface area contributed by atoms with E-state index in [2.05, 4.69) is 79.0 Å². The van der Waals surface area contributed by atoms with Gasteiger partial charge in [0.05, 0.1) is 5.66 Å². The van der Waals surface area contributed by atoms with E-state index >= 15 is 0 Å². The van der Waals surface area contributed by atoms with Crippen molar-refractivity contribution in [3.05, 3.63) is 0 Å². The van der Waals surface area contributed by atoms with E-state index in [-0.39, 0.29) is 5.66 Å². The summed E-state index contributed by atoms with van der Waals surface area (Å²) < 4.78 is 0. The zero-order chi connectivity index (χ0) is 14.0. The highest BCUT2D eigenvalue weighted by Gasteiger charge is 2.38. The van der Waals surface area contributed by atoms with Crippen LogP contribution in [0.15, 0.2) is 0 Å². The molecule has 0 N–H and O–H groups in total. The van der Waals surface area contributed by atoms with Crippen molar-refractivity contribution in [3.63, 3.8) is 0 Å². The van der Waals surface area contributed by atoms with Crippen molar-refractivity contribution < 1.29 is 0 Å². The van der Waals surface area contributed by atoms with Crippen LogP contribution in [0.5, 0.6) is 0 Å². The van der Waals surface area contributed by atoms with Gasteiger partial charge < -0.3 is 0 Å². The lowest BCUT2D eigenvalue weighted by Crippen LogP contribution is -2.64. The summed E-state index contributed by atoms with van der Waals surface area (Å²) in [7, 11) is 0. The summed E-state index contributed by atoms with van der Waals surface area (Å²) in [4.78, 5) is 5.21. The maximum atomic E-state index is 2.60. The van der Waals surface area contributed by atoms with Gasteiger partial charge in [-0.05, 0) is 69.2 Å². The highest BCUT2D eigenvalue weighted by atomic mass is 15.4. The van der Waals surface area contributed by atoms with Crippen LogP contribution in [-0.2, 0) is 0 Å². The summed E-state index contributed by atoms with van der Waals surface area (Å²) in [5.41, 5.74) is 0.0880. The number of rotatable bonds is 6. The number of hydrogen-bond acceptors (Lipinski definition) is 2. The van der Waals surface area contributed by atoms with E-state index in [1.165, 1.54) is 0 Å². The van der Waals surface area contributed by atoms with Crippen LogP contribution in [0.3, 0.4) is 0 Å². The first-order valence-electron chi connectivity index (χ1n) is 7.10. The Balaban J connectivity index is 5.30. The zero-order valence-corrected chi connectivity index (χ0v) is 13.7. The molecule has 0 aromatic heterocycles. The van der Waals surface area contributed by atoms with E-state index in [4.69, 9.17) is 0 Å². The van der Waals surface area contributed by atoms with E-state index in [1.54, 1.807) is 0 Å². The summed E-state index contributed by atoms with van der Waals surface area (Å²) in [6.07, 6.45) is 0. The van der Waals surface area contributed by atoms with Crippen LogP contribution >= 0.6 is 0 Å². The molecule has 0 saturated heterocycles. The third kappa shape index (κ3) is 3.96. The Morgan fingerprint density at radius 3 is 0.824 bits per heavy atom. The smallest absolute Gasteiger partial charge is 0.0688 e. The SMILES string of the molecule is CC(C)N(C(C)C)C(C)(C)N(C(C)C)C(C)C. The van der Waals surface area contributed by atoms with Crippen LogP contribution in [0.4, 0.5) is 0 Å². The maximum absolute atomic E-state index is 2.60. The van der Waals surface area contributed by atoms with Gasteiger partial charge in [-0.2, -0.15) is 0 Å². The molecular weight excluding hydrogens is 208 g/mol. The molecule has 0 heterocycles. The number of nitrogens with zero attached hydrogens (tertiary/aromatic N) is 2. The minimum atomic E-state index is 0.0880. The van der Waals surface area contributed by atoms with Crippen molar-refractivity contribution in [3.8, 4) is 0 Å². The third-order valence-corrected chi connectivity index (χ3v) is 3.49. The molecule has 0 fully saturated rings. The predicted molar refractivity (Wildman–Crippen MR) is 78.3 cm³/mol. The molecule has 0 bridgehead atoms. The fourth-order valence-corrected chi connectivity index (χ4v) is 3.85. The van der Waals surface area contributed by atoms with Crippen LogP contribution < -0.4 is 0 Å². The topological polar surface area (TPSA) is 6.48 Å². The fraction of sp³-hybridized carbons (Fsp3) is 1.00. The Bertz CT molecular complexity index is 179. The van der Waals surface area contributed by atoms with Crippen molar-refractivity contribution in [1.82, 2.24) is 9.80 Å². The van der Waals surface area contributed by atoms with Gasteiger partial charge in [-0.1, -0.05) is 0 Å². The fourth-order valence-electron chi connectivity index (χ4n) is 3.85. The average Bonchev–Trinajstić information content (AvgIpc) is 1.96.